The van der Waals surface area contributed by atoms with E-state index in [1.165, 1.54) is 0 Å². The third kappa shape index (κ3) is 4.25. The lowest BCUT2D eigenvalue weighted by molar-refractivity contribution is 0.0472. The van der Waals surface area contributed by atoms with Crippen molar-refractivity contribution in [2.45, 2.75) is 13.5 Å². The van der Waals surface area contributed by atoms with Gasteiger partial charge in [0.1, 0.15) is 18.4 Å². The number of carbonyl (C=O) groups excluding carboxylic acids is 1. The van der Waals surface area contributed by atoms with Gasteiger partial charge < -0.3 is 9.47 Å². The number of aromatic nitrogens is 1. The number of ether oxygens (including phenoxy) is 2. The molecule has 0 amide bonds. The predicted molar refractivity (Wildman–Crippen MR) is 95.8 cm³/mol. The summed E-state index contributed by atoms with van der Waals surface area (Å²) in [7, 11) is 0. The van der Waals surface area contributed by atoms with Crippen LogP contribution in [0.5, 0.6) is 11.6 Å². The van der Waals surface area contributed by atoms with Crippen LogP contribution in [0.25, 0.3) is 0 Å². The Balaban J connectivity index is 1.62. The second-order valence-electron chi connectivity index (χ2n) is 5.58. The Morgan fingerprint density at radius 1 is 1.04 bits per heavy atom. The van der Waals surface area contributed by atoms with Crippen LogP contribution in [0.15, 0.2) is 66.7 Å². The molecule has 1 heterocycles. The van der Waals surface area contributed by atoms with Gasteiger partial charge in [0, 0.05) is 6.07 Å². The zero-order valence-electron chi connectivity index (χ0n) is 14.2. The van der Waals surface area contributed by atoms with Gasteiger partial charge in [-0.05, 0) is 42.8 Å². The molecule has 3 aromatic rings. The topological polar surface area (TPSA) is 72.2 Å². The second kappa shape index (κ2) is 7.95. The van der Waals surface area contributed by atoms with Crippen molar-refractivity contribution in [2.24, 2.45) is 0 Å². The van der Waals surface area contributed by atoms with Crippen LogP contribution < -0.4 is 4.74 Å². The van der Waals surface area contributed by atoms with Crippen molar-refractivity contribution >= 4 is 5.97 Å². The van der Waals surface area contributed by atoms with Gasteiger partial charge in [0.15, 0.2) is 0 Å². The summed E-state index contributed by atoms with van der Waals surface area (Å²) in [5.41, 5.74) is 2.49. The van der Waals surface area contributed by atoms with E-state index in [1.54, 1.807) is 43.3 Å². The summed E-state index contributed by atoms with van der Waals surface area (Å²) in [5, 5.41) is 8.92. The first kappa shape index (κ1) is 17.2. The molecule has 0 bridgehead atoms. The highest BCUT2D eigenvalue weighted by atomic mass is 16.5. The highest BCUT2D eigenvalue weighted by Gasteiger charge is 2.09. The van der Waals surface area contributed by atoms with E-state index in [0.29, 0.717) is 28.5 Å². The van der Waals surface area contributed by atoms with Crippen LogP contribution in [-0.4, -0.2) is 11.0 Å². The van der Waals surface area contributed by atoms with Gasteiger partial charge in [0.05, 0.1) is 16.8 Å². The van der Waals surface area contributed by atoms with Crippen LogP contribution in [-0.2, 0) is 11.3 Å². The highest BCUT2D eigenvalue weighted by Crippen LogP contribution is 2.21. The predicted octanol–water partition coefficient (Wildman–Crippen LogP) is 4.41. The molecule has 0 fully saturated rings. The van der Waals surface area contributed by atoms with Crippen LogP contribution in [0.2, 0.25) is 0 Å². The van der Waals surface area contributed by atoms with Gasteiger partial charge in [-0.15, -0.1) is 0 Å². The monoisotopic (exact) mass is 344 g/mol. The molecule has 0 aliphatic rings. The first-order valence-electron chi connectivity index (χ1n) is 8.02. The normalized spacial score (nSPS) is 10.0. The molecule has 0 radical (unpaired) electrons. The number of aryl methyl sites for hydroxylation is 1. The van der Waals surface area contributed by atoms with Gasteiger partial charge in [-0.3, -0.25) is 0 Å². The van der Waals surface area contributed by atoms with Crippen molar-refractivity contribution in [1.29, 1.82) is 5.26 Å². The SMILES string of the molecule is Cc1nc(Oc2ccc(C(=O)OCc3ccccc3)cc2)ccc1C#N. The quantitative estimate of drug-likeness (QED) is 0.641. The molecule has 0 spiro atoms. The van der Waals surface area contributed by atoms with Gasteiger partial charge in [-0.2, -0.15) is 5.26 Å². The first-order chi connectivity index (χ1) is 12.7. The lowest BCUT2D eigenvalue weighted by atomic mass is 10.2. The fourth-order valence-corrected chi connectivity index (χ4v) is 2.30. The average Bonchev–Trinajstić information content (AvgIpc) is 2.68. The first-order valence-corrected chi connectivity index (χ1v) is 8.02. The minimum absolute atomic E-state index is 0.229. The van der Waals surface area contributed by atoms with Crippen molar-refractivity contribution in [3.05, 3.63) is 89.1 Å². The van der Waals surface area contributed by atoms with Crippen molar-refractivity contribution in [1.82, 2.24) is 4.98 Å². The molecule has 5 nitrogen and oxygen atoms in total. The largest absolute Gasteiger partial charge is 0.457 e. The zero-order valence-corrected chi connectivity index (χ0v) is 14.2. The molecule has 0 aliphatic carbocycles. The number of pyridine rings is 1. The Kier molecular flexibility index (Phi) is 5.25. The van der Waals surface area contributed by atoms with Gasteiger partial charge in [0.2, 0.25) is 5.88 Å². The fourth-order valence-electron chi connectivity index (χ4n) is 2.30. The molecule has 0 atom stereocenters. The molecule has 2 aromatic carbocycles. The third-order valence-electron chi connectivity index (χ3n) is 3.71. The highest BCUT2D eigenvalue weighted by molar-refractivity contribution is 5.89. The van der Waals surface area contributed by atoms with Crippen LogP contribution >= 0.6 is 0 Å². The lowest BCUT2D eigenvalue weighted by Crippen LogP contribution is -2.05. The molecule has 0 aliphatic heterocycles. The fraction of sp³-hybridized carbons (Fsp3) is 0.0952. The summed E-state index contributed by atoms with van der Waals surface area (Å²) < 4.78 is 10.9. The Morgan fingerprint density at radius 2 is 1.77 bits per heavy atom. The van der Waals surface area contributed by atoms with Gasteiger partial charge >= 0.3 is 5.97 Å². The standard InChI is InChI=1S/C21H16N2O3/c1-15-18(13-22)9-12-20(23-15)26-19-10-7-17(8-11-19)21(24)25-14-16-5-3-2-4-6-16/h2-12H,14H2,1H3. The molecular weight excluding hydrogens is 328 g/mol. The summed E-state index contributed by atoms with van der Waals surface area (Å²) in [6.45, 7) is 1.98. The molecular formula is C21H16N2O3. The number of rotatable bonds is 5. The lowest BCUT2D eigenvalue weighted by Gasteiger charge is -2.08. The number of carbonyl (C=O) groups is 1. The Bertz CT molecular complexity index is 945. The smallest absolute Gasteiger partial charge is 0.338 e. The van der Waals surface area contributed by atoms with Gasteiger partial charge in [0.25, 0.3) is 0 Å². The number of hydrogen-bond acceptors (Lipinski definition) is 5. The maximum atomic E-state index is 12.1. The minimum Gasteiger partial charge on any atom is -0.457 e. The van der Waals surface area contributed by atoms with Crippen LogP contribution in [0.4, 0.5) is 0 Å². The molecule has 3 rings (SSSR count). The third-order valence-corrected chi connectivity index (χ3v) is 3.71. The number of nitrogens with zero attached hydrogens (tertiary/aromatic N) is 2. The van der Waals surface area contributed by atoms with E-state index in [1.807, 2.05) is 30.3 Å². The number of esters is 1. The maximum absolute atomic E-state index is 12.1. The van der Waals surface area contributed by atoms with E-state index < -0.39 is 5.97 Å². The summed E-state index contributed by atoms with van der Waals surface area (Å²) in [4.78, 5) is 16.3. The van der Waals surface area contributed by atoms with Crippen molar-refractivity contribution in [3.63, 3.8) is 0 Å². The Hall–Kier alpha value is -3.65. The molecule has 0 saturated heterocycles. The van der Waals surface area contributed by atoms with Crippen LogP contribution in [0, 0.1) is 18.3 Å². The molecule has 26 heavy (non-hydrogen) atoms. The molecule has 0 unspecified atom stereocenters. The Labute approximate surface area is 151 Å². The molecule has 1 aromatic heterocycles. The van der Waals surface area contributed by atoms with Crippen molar-refractivity contribution < 1.29 is 14.3 Å². The number of nitriles is 1. The van der Waals surface area contributed by atoms with Crippen molar-refractivity contribution in [3.8, 4) is 17.7 Å². The average molecular weight is 344 g/mol. The van der Waals surface area contributed by atoms with Gasteiger partial charge in [-0.1, -0.05) is 30.3 Å². The minimum atomic E-state index is -0.396. The van der Waals surface area contributed by atoms with E-state index in [9.17, 15) is 4.79 Å². The molecule has 5 heteroatoms. The summed E-state index contributed by atoms with van der Waals surface area (Å²) in [5.74, 6) is 0.537. The van der Waals surface area contributed by atoms with E-state index in [0.717, 1.165) is 5.56 Å². The van der Waals surface area contributed by atoms with E-state index in [-0.39, 0.29) is 6.61 Å². The van der Waals surface area contributed by atoms with Gasteiger partial charge in [-0.25, -0.2) is 9.78 Å². The van der Waals surface area contributed by atoms with Crippen LogP contribution in [0.1, 0.15) is 27.2 Å². The summed E-state index contributed by atoms with van der Waals surface area (Å²) in [6, 6.07) is 21.5. The summed E-state index contributed by atoms with van der Waals surface area (Å²) >= 11 is 0. The van der Waals surface area contributed by atoms with E-state index in [4.69, 9.17) is 14.7 Å². The Morgan fingerprint density at radius 3 is 2.42 bits per heavy atom. The van der Waals surface area contributed by atoms with Crippen LogP contribution in [0.3, 0.4) is 0 Å². The summed E-state index contributed by atoms with van der Waals surface area (Å²) in [6.07, 6.45) is 0. The van der Waals surface area contributed by atoms with E-state index >= 15 is 0 Å². The number of hydrogen-bond donors (Lipinski definition) is 0. The maximum Gasteiger partial charge on any atom is 0.338 e. The van der Waals surface area contributed by atoms with E-state index in [2.05, 4.69) is 11.1 Å². The molecule has 0 N–H and O–H groups in total. The molecule has 0 saturated carbocycles. The number of benzene rings is 2. The second-order valence-corrected chi connectivity index (χ2v) is 5.58. The van der Waals surface area contributed by atoms with Crippen molar-refractivity contribution in [2.75, 3.05) is 0 Å². The zero-order chi connectivity index (χ0) is 18.4. The molecule has 128 valence electrons.